The number of aryl methyl sites for hydroxylation is 1. The maximum atomic E-state index is 13.0. The van der Waals surface area contributed by atoms with Crippen molar-refractivity contribution in [2.24, 2.45) is 0 Å². The van der Waals surface area contributed by atoms with Crippen molar-refractivity contribution in [3.63, 3.8) is 0 Å². The Morgan fingerprint density at radius 3 is 1.83 bits per heavy atom. The number of benzene rings is 2. The zero-order chi connectivity index (χ0) is 25.2. The Morgan fingerprint density at radius 2 is 1.26 bits per heavy atom. The standard InChI is InChI=1S/C29H36N2O4/c1-19-7-9-21-23(15-19)29(17-27(21,2)3)18-28(4,5)22-10-8-20(16-24(22)29)35-26(33)31-13-11-30(12-14-31)25(32)34-6/h7-10,15-16H,11-14,17-18H2,1-6H3. The minimum absolute atomic E-state index is 0.0313. The maximum Gasteiger partial charge on any atom is 0.415 e. The molecular weight excluding hydrogens is 440 g/mol. The lowest BCUT2D eigenvalue weighted by molar-refractivity contribution is 0.0869. The summed E-state index contributed by atoms with van der Waals surface area (Å²) in [5.41, 5.74) is 6.79. The van der Waals surface area contributed by atoms with Crippen molar-refractivity contribution in [3.8, 4) is 5.75 Å². The van der Waals surface area contributed by atoms with Crippen molar-refractivity contribution >= 4 is 12.2 Å². The summed E-state index contributed by atoms with van der Waals surface area (Å²) in [5.74, 6) is 0.583. The Labute approximate surface area is 208 Å². The number of methoxy groups -OCH3 is 1. The van der Waals surface area contributed by atoms with Gasteiger partial charge in [0.2, 0.25) is 0 Å². The largest absolute Gasteiger partial charge is 0.453 e. The highest BCUT2D eigenvalue weighted by molar-refractivity contribution is 5.72. The molecule has 6 nitrogen and oxygen atoms in total. The van der Waals surface area contributed by atoms with Gasteiger partial charge >= 0.3 is 12.2 Å². The van der Waals surface area contributed by atoms with E-state index in [0.717, 1.165) is 12.8 Å². The molecule has 2 aromatic rings. The highest BCUT2D eigenvalue weighted by Crippen LogP contribution is 2.63. The average Bonchev–Trinajstić information content (AvgIpc) is 3.17. The Balaban J connectivity index is 1.45. The molecule has 0 N–H and O–H groups in total. The molecule has 2 aromatic carbocycles. The van der Waals surface area contributed by atoms with Crippen LogP contribution in [0.4, 0.5) is 9.59 Å². The third-order valence-electron chi connectivity index (χ3n) is 8.32. The lowest BCUT2D eigenvalue weighted by Gasteiger charge is -2.33. The monoisotopic (exact) mass is 476 g/mol. The van der Waals surface area contributed by atoms with Crippen LogP contribution in [0.2, 0.25) is 0 Å². The second-order valence-corrected chi connectivity index (χ2v) is 11.8. The lowest BCUT2D eigenvalue weighted by atomic mass is 9.72. The van der Waals surface area contributed by atoms with Crippen LogP contribution in [0.3, 0.4) is 0 Å². The summed E-state index contributed by atoms with van der Waals surface area (Å²) >= 11 is 0. The molecule has 3 aliphatic rings. The first-order valence-corrected chi connectivity index (χ1v) is 12.5. The van der Waals surface area contributed by atoms with E-state index in [1.165, 1.54) is 34.9 Å². The highest BCUT2D eigenvalue weighted by atomic mass is 16.6. The molecule has 35 heavy (non-hydrogen) atoms. The molecule has 2 amide bonds. The molecule has 0 bridgehead atoms. The summed E-state index contributed by atoms with van der Waals surface area (Å²) in [6.07, 6.45) is 1.35. The molecule has 1 aliphatic heterocycles. The van der Waals surface area contributed by atoms with Crippen LogP contribution in [-0.2, 0) is 21.0 Å². The van der Waals surface area contributed by atoms with Gasteiger partial charge in [-0.25, -0.2) is 9.59 Å². The summed E-state index contributed by atoms with van der Waals surface area (Å²) < 4.78 is 10.7. The predicted octanol–water partition coefficient (Wildman–Crippen LogP) is 5.53. The fraction of sp³-hybridized carbons (Fsp3) is 0.517. The Hall–Kier alpha value is -3.02. The van der Waals surface area contributed by atoms with Crippen LogP contribution >= 0.6 is 0 Å². The molecule has 1 atom stereocenters. The van der Waals surface area contributed by atoms with Gasteiger partial charge in [-0.05, 0) is 65.0 Å². The van der Waals surface area contributed by atoms with E-state index in [1.54, 1.807) is 9.80 Å². The Bertz CT molecular complexity index is 1190. The number of carbonyl (C=O) groups is 2. The smallest absolute Gasteiger partial charge is 0.415 e. The van der Waals surface area contributed by atoms with Crippen molar-refractivity contribution in [2.75, 3.05) is 33.3 Å². The molecule has 0 aromatic heterocycles. The molecule has 1 saturated heterocycles. The minimum atomic E-state index is -0.372. The van der Waals surface area contributed by atoms with Gasteiger partial charge in [0.1, 0.15) is 5.75 Å². The molecule has 1 spiro atoms. The molecule has 6 heteroatoms. The van der Waals surface area contributed by atoms with Gasteiger partial charge in [-0.1, -0.05) is 57.5 Å². The van der Waals surface area contributed by atoms with Crippen LogP contribution in [0.15, 0.2) is 36.4 Å². The maximum absolute atomic E-state index is 13.0. The summed E-state index contributed by atoms with van der Waals surface area (Å²) in [6.45, 7) is 13.2. The van der Waals surface area contributed by atoms with E-state index in [4.69, 9.17) is 9.47 Å². The van der Waals surface area contributed by atoms with E-state index < -0.39 is 0 Å². The Kier molecular flexibility index (Phi) is 5.42. The van der Waals surface area contributed by atoms with Crippen molar-refractivity contribution in [3.05, 3.63) is 64.2 Å². The van der Waals surface area contributed by atoms with E-state index in [-0.39, 0.29) is 28.4 Å². The van der Waals surface area contributed by atoms with E-state index in [2.05, 4.69) is 65.0 Å². The van der Waals surface area contributed by atoms with Gasteiger partial charge in [0.05, 0.1) is 7.11 Å². The zero-order valence-electron chi connectivity index (χ0n) is 21.7. The zero-order valence-corrected chi connectivity index (χ0v) is 21.7. The van der Waals surface area contributed by atoms with Crippen molar-refractivity contribution in [1.82, 2.24) is 9.80 Å². The van der Waals surface area contributed by atoms with Gasteiger partial charge in [-0.3, -0.25) is 0 Å². The second-order valence-electron chi connectivity index (χ2n) is 11.8. The average molecular weight is 477 g/mol. The van der Waals surface area contributed by atoms with Gasteiger partial charge in [-0.15, -0.1) is 0 Å². The van der Waals surface area contributed by atoms with Crippen LogP contribution in [0.25, 0.3) is 0 Å². The van der Waals surface area contributed by atoms with Gasteiger partial charge in [-0.2, -0.15) is 0 Å². The van der Waals surface area contributed by atoms with Gasteiger partial charge < -0.3 is 19.3 Å². The Morgan fingerprint density at radius 1 is 0.743 bits per heavy atom. The van der Waals surface area contributed by atoms with Gasteiger partial charge in [0, 0.05) is 31.6 Å². The lowest BCUT2D eigenvalue weighted by Crippen LogP contribution is -2.51. The molecule has 0 radical (unpaired) electrons. The van der Waals surface area contributed by atoms with Gasteiger partial charge in [0.25, 0.3) is 0 Å². The quantitative estimate of drug-likeness (QED) is 0.543. The number of hydrogen-bond acceptors (Lipinski definition) is 4. The third kappa shape index (κ3) is 3.78. The summed E-state index contributed by atoms with van der Waals surface area (Å²) in [6, 6.07) is 13.1. The van der Waals surface area contributed by atoms with Crippen molar-refractivity contribution in [1.29, 1.82) is 0 Å². The van der Waals surface area contributed by atoms with Gasteiger partial charge in [0.15, 0.2) is 0 Å². The fourth-order valence-corrected chi connectivity index (χ4v) is 6.87. The summed E-state index contributed by atoms with van der Waals surface area (Å²) in [5, 5.41) is 0. The normalized spacial score (nSPS) is 23.7. The molecule has 186 valence electrons. The first-order valence-electron chi connectivity index (χ1n) is 12.5. The number of rotatable bonds is 1. The molecule has 1 fully saturated rings. The first-order chi connectivity index (χ1) is 16.5. The van der Waals surface area contributed by atoms with E-state index in [9.17, 15) is 9.59 Å². The highest BCUT2D eigenvalue weighted by Gasteiger charge is 2.56. The fourth-order valence-electron chi connectivity index (χ4n) is 6.87. The molecule has 0 saturated carbocycles. The number of nitrogens with zero attached hydrogens (tertiary/aromatic N) is 2. The van der Waals surface area contributed by atoms with Crippen molar-refractivity contribution in [2.45, 2.75) is 63.7 Å². The molecular formula is C29H36N2O4. The van der Waals surface area contributed by atoms with Crippen LogP contribution in [0.5, 0.6) is 5.75 Å². The predicted molar refractivity (Wildman–Crippen MR) is 135 cm³/mol. The van der Waals surface area contributed by atoms with E-state index in [0.29, 0.717) is 31.9 Å². The number of ether oxygens (including phenoxy) is 2. The van der Waals surface area contributed by atoms with Crippen LogP contribution in [-0.4, -0.2) is 55.3 Å². The molecule has 1 unspecified atom stereocenters. The minimum Gasteiger partial charge on any atom is -0.453 e. The number of amides is 2. The molecule has 5 rings (SSSR count). The number of fused-ring (bicyclic) bond motifs is 4. The topological polar surface area (TPSA) is 59.1 Å². The van der Waals surface area contributed by atoms with E-state index >= 15 is 0 Å². The molecule has 2 aliphatic carbocycles. The number of piperazine rings is 1. The first kappa shape index (κ1) is 23.7. The third-order valence-corrected chi connectivity index (χ3v) is 8.32. The summed E-state index contributed by atoms with van der Waals surface area (Å²) in [7, 11) is 1.37. The summed E-state index contributed by atoms with van der Waals surface area (Å²) in [4.78, 5) is 28.0. The SMILES string of the molecule is COC(=O)N1CCN(C(=O)Oc2ccc3c(c2)C2(CC(C)(C)c4ccc(C)cc42)CC3(C)C)CC1. The van der Waals surface area contributed by atoms with Crippen molar-refractivity contribution < 1.29 is 19.1 Å². The molecule has 1 heterocycles. The van der Waals surface area contributed by atoms with Crippen LogP contribution in [0, 0.1) is 6.92 Å². The number of hydrogen-bond donors (Lipinski definition) is 0. The van der Waals surface area contributed by atoms with Crippen LogP contribution < -0.4 is 4.74 Å². The van der Waals surface area contributed by atoms with Crippen LogP contribution in [0.1, 0.15) is 68.4 Å². The second kappa shape index (κ2) is 8.00. The number of carbonyl (C=O) groups excluding carboxylic acids is 2. The van der Waals surface area contributed by atoms with E-state index in [1.807, 2.05) is 6.07 Å².